The lowest BCUT2D eigenvalue weighted by Crippen LogP contribution is -2.13. The fourth-order valence-electron chi connectivity index (χ4n) is 2.49. The highest BCUT2D eigenvalue weighted by atomic mass is 16.2. The van der Waals surface area contributed by atoms with E-state index >= 15 is 0 Å². The predicted octanol–water partition coefficient (Wildman–Crippen LogP) is 2.67. The number of pyridine rings is 1. The van der Waals surface area contributed by atoms with Gasteiger partial charge in [0.2, 0.25) is 5.91 Å². The second-order valence-electron chi connectivity index (χ2n) is 5.68. The molecule has 1 aliphatic rings. The van der Waals surface area contributed by atoms with Crippen molar-refractivity contribution in [2.24, 2.45) is 5.92 Å². The number of rotatable bonds is 4. The Labute approximate surface area is 128 Å². The largest absolute Gasteiger partial charge is 0.326 e. The minimum atomic E-state index is 0.135. The van der Waals surface area contributed by atoms with Crippen LogP contribution in [0.5, 0.6) is 0 Å². The maximum atomic E-state index is 11.7. The van der Waals surface area contributed by atoms with E-state index in [0.29, 0.717) is 6.42 Å². The van der Waals surface area contributed by atoms with Crippen LogP contribution in [0, 0.1) is 5.92 Å². The van der Waals surface area contributed by atoms with Crippen LogP contribution in [0.1, 0.15) is 24.2 Å². The molecule has 2 heterocycles. The molecule has 2 aromatic heterocycles. The summed E-state index contributed by atoms with van der Waals surface area (Å²) < 4.78 is 1.99. The molecule has 5 heteroatoms. The van der Waals surface area contributed by atoms with Gasteiger partial charge in [0.15, 0.2) is 5.65 Å². The van der Waals surface area contributed by atoms with E-state index in [-0.39, 0.29) is 11.8 Å². The summed E-state index contributed by atoms with van der Waals surface area (Å²) in [4.78, 5) is 11.7. The summed E-state index contributed by atoms with van der Waals surface area (Å²) in [7, 11) is 0. The number of amides is 1. The first-order valence-corrected chi connectivity index (χ1v) is 7.48. The van der Waals surface area contributed by atoms with Crippen molar-refractivity contribution in [1.29, 1.82) is 0 Å². The van der Waals surface area contributed by atoms with Crippen LogP contribution in [0.25, 0.3) is 5.65 Å². The highest BCUT2D eigenvalue weighted by molar-refractivity contribution is 5.93. The molecule has 1 N–H and O–H groups in total. The zero-order valence-corrected chi connectivity index (χ0v) is 12.1. The van der Waals surface area contributed by atoms with Crippen molar-refractivity contribution in [3.63, 3.8) is 0 Å². The molecule has 0 spiro atoms. The Morgan fingerprint density at radius 2 is 1.95 bits per heavy atom. The van der Waals surface area contributed by atoms with Crippen LogP contribution in [0.3, 0.4) is 0 Å². The van der Waals surface area contributed by atoms with Crippen molar-refractivity contribution in [3.05, 3.63) is 60.0 Å². The average molecular weight is 292 g/mol. The summed E-state index contributed by atoms with van der Waals surface area (Å²) in [6.45, 7) is 0. The normalized spacial score (nSPS) is 14.2. The first-order chi connectivity index (χ1) is 10.8. The maximum absolute atomic E-state index is 11.7. The van der Waals surface area contributed by atoms with Gasteiger partial charge in [0.05, 0.1) is 0 Å². The van der Waals surface area contributed by atoms with Gasteiger partial charge in [-0.15, -0.1) is 10.2 Å². The quantitative estimate of drug-likeness (QED) is 0.804. The number of anilines is 1. The van der Waals surface area contributed by atoms with Gasteiger partial charge in [-0.3, -0.25) is 9.20 Å². The van der Waals surface area contributed by atoms with Gasteiger partial charge < -0.3 is 5.32 Å². The van der Waals surface area contributed by atoms with Crippen molar-refractivity contribution >= 4 is 17.2 Å². The average Bonchev–Trinajstić information content (AvgIpc) is 3.32. The first-order valence-electron chi connectivity index (χ1n) is 7.48. The number of carbonyl (C=O) groups excluding carboxylic acids is 1. The third kappa shape index (κ3) is 2.57. The topological polar surface area (TPSA) is 59.3 Å². The lowest BCUT2D eigenvalue weighted by molar-refractivity contribution is -0.117. The molecule has 0 radical (unpaired) electrons. The van der Waals surface area contributed by atoms with Gasteiger partial charge in [-0.25, -0.2) is 0 Å². The summed E-state index contributed by atoms with van der Waals surface area (Å²) in [5, 5.41) is 11.3. The molecule has 3 aromatic rings. The fourth-order valence-corrected chi connectivity index (χ4v) is 2.49. The number of aromatic nitrogens is 3. The van der Waals surface area contributed by atoms with E-state index in [4.69, 9.17) is 0 Å². The van der Waals surface area contributed by atoms with Crippen LogP contribution in [-0.2, 0) is 11.2 Å². The van der Waals surface area contributed by atoms with E-state index in [2.05, 4.69) is 15.5 Å². The van der Waals surface area contributed by atoms with Gasteiger partial charge in [-0.1, -0.05) is 18.2 Å². The molecule has 4 rings (SSSR count). The maximum Gasteiger partial charge on any atom is 0.227 e. The van der Waals surface area contributed by atoms with E-state index in [1.807, 2.05) is 53.1 Å². The van der Waals surface area contributed by atoms with Crippen molar-refractivity contribution in [2.75, 3.05) is 5.32 Å². The summed E-state index contributed by atoms with van der Waals surface area (Å²) in [5.41, 5.74) is 2.85. The molecule has 5 nitrogen and oxygen atoms in total. The van der Waals surface area contributed by atoms with Gasteiger partial charge in [-0.05, 0) is 42.7 Å². The Hall–Kier alpha value is -2.69. The molecule has 0 atom stereocenters. The van der Waals surface area contributed by atoms with Crippen LogP contribution in [0.4, 0.5) is 5.69 Å². The second kappa shape index (κ2) is 5.26. The van der Waals surface area contributed by atoms with E-state index < -0.39 is 0 Å². The molecule has 1 saturated carbocycles. The molecular formula is C17H16N4O. The standard InChI is InChI=1S/C17H16N4O/c22-17(13-6-7-13)18-14-8-4-12(5-9-14)11-16-20-19-15-3-1-2-10-21(15)16/h1-5,8-10,13H,6-7,11H2,(H,18,22). The van der Waals surface area contributed by atoms with E-state index in [1.165, 1.54) is 0 Å². The molecule has 0 aliphatic heterocycles. The molecule has 1 fully saturated rings. The summed E-state index contributed by atoms with van der Waals surface area (Å²) in [6, 6.07) is 13.8. The SMILES string of the molecule is O=C(Nc1ccc(Cc2nnc3ccccn23)cc1)C1CC1. The number of nitrogens with one attached hydrogen (secondary N) is 1. The Kier molecular flexibility index (Phi) is 3.11. The lowest BCUT2D eigenvalue weighted by Gasteiger charge is -2.05. The zero-order valence-electron chi connectivity index (χ0n) is 12.1. The molecule has 110 valence electrons. The number of hydrogen-bond donors (Lipinski definition) is 1. The van der Waals surface area contributed by atoms with Gasteiger partial charge >= 0.3 is 0 Å². The Morgan fingerprint density at radius 1 is 1.14 bits per heavy atom. The van der Waals surface area contributed by atoms with Gasteiger partial charge in [0.1, 0.15) is 5.82 Å². The monoisotopic (exact) mass is 292 g/mol. The highest BCUT2D eigenvalue weighted by Gasteiger charge is 2.29. The van der Waals surface area contributed by atoms with Crippen LogP contribution in [0.2, 0.25) is 0 Å². The Bertz CT molecular complexity index is 818. The van der Waals surface area contributed by atoms with Crippen molar-refractivity contribution in [2.45, 2.75) is 19.3 Å². The molecule has 0 saturated heterocycles. The molecule has 1 aliphatic carbocycles. The van der Waals surface area contributed by atoms with Crippen molar-refractivity contribution < 1.29 is 4.79 Å². The molecule has 0 unspecified atom stereocenters. The highest BCUT2D eigenvalue weighted by Crippen LogP contribution is 2.30. The van der Waals surface area contributed by atoms with E-state index in [1.54, 1.807) is 0 Å². The van der Waals surface area contributed by atoms with Gasteiger partial charge in [-0.2, -0.15) is 0 Å². The molecule has 0 bridgehead atoms. The molecular weight excluding hydrogens is 276 g/mol. The van der Waals surface area contributed by atoms with Crippen molar-refractivity contribution in [3.8, 4) is 0 Å². The van der Waals surface area contributed by atoms with E-state index in [9.17, 15) is 4.79 Å². The summed E-state index contributed by atoms with van der Waals surface area (Å²) in [6.07, 6.45) is 4.71. The molecule has 1 amide bonds. The zero-order chi connectivity index (χ0) is 14.9. The Balaban J connectivity index is 1.49. The summed E-state index contributed by atoms with van der Waals surface area (Å²) in [5.74, 6) is 1.27. The van der Waals surface area contributed by atoms with Crippen molar-refractivity contribution in [1.82, 2.24) is 14.6 Å². The second-order valence-corrected chi connectivity index (χ2v) is 5.68. The number of nitrogens with zero attached hydrogens (tertiary/aromatic N) is 3. The number of fused-ring (bicyclic) bond motifs is 1. The van der Waals surface area contributed by atoms with E-state index in [0.717, 1.165) is 35.6 Å². The van der Waals surface area contributed by atoms with Gasteiger partial charge in [0.25, 0.3) is 0 Å². The lowest BCUT2D eigenvalue weighted by atomic mass is 10.1. The predicted molar refractivity (Wildman–Crippen MR) is 83.6 cm³/mol. The van der Waals surface area contributed by atoms with Crippen LogP contribution in [0.15, 0.2) is 48.7 Å². The molecule has 1 aromatic carbocycles. The number of hydrogen-bond acceptors (Lipinski definition) is 3. The van der Waals surface area contributed by atoms with Gasteiger partial charge in [0, 0.05) is 24.2 Å². The first kappa shape index (κ1) is 13.0. The number of benzene rings is 1. The smallest absolute Gasteiger partial charge is 0.227 e. The third-order valence-corrected chi connectivity index (χ3v) is 3.92. The van der Waals surface area contributed by atoms with Crippen LogP contribution >= 0.6 is 0 Å². The van der Waals surface area contributed by atoms with Crippen LogP contribution in [-0.4, -0.2) is 20.5 Å². The number of carbonyl (C=O) groups is 1. The third-order valence-electron chi connectivity index (χ3n) is 3.92. The minimum absolute atomic E-state index is 0.135. The van der Waals surface area contributed by atoms with Crippen LogP contribution < -0.4 is 5.32 Å². The fraction of sp³-hybridized carbons (Fsp3) is 0.235. The Morgan fingerprint density at radius 3 is 2.73 bits per heavy atom. The summed E-state index contributed by atoms with van der Waals surface area (Å²) >= 11 is 0. The molecule has 22 heavy (non-hydrogen) atoms. The minimum Gasteiger partial charge on any atom is -0.326 e.